The Morgan fingerprint density at radius 3 is 2.77 bits per heavy atom. The molecule has 0 rings (SSSR count). The maximum atomic E-state index is 11.6. The fraction of sp³-hybridized carbons (Fsp3) is 0.556. The van der Waals surface area contributed by atoms with E-state index < -0.39 is 7.60 Å². The van der Waals surface area contributed by atoms with Crippen LogP contribution in [-0.4, -0.2) is 19.4 Å². The minimum absolute atomic E-state index is 0.0270. The van der Waals surface area contributed by atoms with Crippen LogP contribution in [0.25, 0.3) is 0 Å². The zero-order valence-corrected chi connectivity index (χ0v) is 8.76. The first-order valence-electron chi connectivity index (χ1n) is 4.11. The van der Waals surface area contributed by atoms with Crippen LogP contribution in [0.3, 0.4) is 0 Å². The molecule has 0 saturated carbocycles. The van der Waals surface area contributed by atoms with Gasteiger partial charge in [0.2, 0.25) is 0 Å². The van der Waals surface area contributed by atoms with Crippen molar-refractivity contribution in [2.45, 2.75) is 13.3 Å². The fourth-order valence-corrected chi connectivity index (χ4v) is 1.73. The molecule has 0 radical (unpaired) electrons. The average molecular weight is 202 g/mol. The van der Waals surface area contributed by atoms with Gasteiger partial charge in [0.1, 0.15) is 6.61 Å². The van der Waals surface area contributed by atoms with Crippen LogP contribution in [0.4, 0.5) is 0 Å². The first-order chi connectivity index (χ1) is 6.18. The average Bonchev–Trinajstić information content (AvgIpc) is 2.15. The SMILES string of the molecule is C#CCOP(=O)(CC)OCCC=C. The molecule has 0 bridgehead atoms. The fourth-order valence-electron chi connectivity index (χ4n) is 0.631. The van der Waals surface area contributed by atoms with Gasteiger partial charge in [-0.05, 0) is 6.42 Å². The van der Waals surface area contributed by atoms with Crippen LogP contribution in [0, 0.1) is 12.3 Å². The zero-order chi connectivity index (χ0) is 10.2. The molecule has 0 N–H and O–H groups in total. The van der Waals surface area contributed by atoms with Crippen LogP contribution < -0.4 is 0 Å². The van der Waals surface area contributed by atoms with Crippen LogP contribution in [0.5, 0.6) is 0 Å². The van der Waals surface area contributed by atoms with Gasteiger partial charge in [-0.25, -0.2) is 0 Å². The minimum Gasteiger partial charge on any atom is -0.308 e. The lowest BCUT2D eigenvalue weighted by Gasteiger charge is -2.14. The molecule has 0 amide bonds. The van der Waals surface area contributed by atoms with Crippen molar-refractivity contribution in [1.29, 1.82) is 0 Å². The Labute approximate surface area is 79.7 Å². The van der Waals surface area contributed by atoms with E-state index in [1.54, 1.807) is 13.0 Å². The summed E-state index contributed by atoms with van der Waals surface area (Å²) >= 11 is 0. The summed E-state index contributed by atoms with van der Waals surface area (Å²) in [5.74, 6) is 2.25. The molecule has 0 aliphatic carbocycles. The molecule has 1 unspecified atom stereocenters. The van der Waals surface area contributed by atoms with Gasteiger partial charge in [0.05, 0.1) is 6.61 Å². The maximum absolute atomic E-state index is 11.6. The molecular weight excluding hydrogens is 187 g/mol. The van der Waals surface area contributed by atoms with Gasteiger partial charge in [-0.2, -0.15) is 0 Å². The van der Waals surface area contributed by atoms with E-state index in [4.69, 9.17) is 15.5 Å². The molecular formula is C9H15O3P. The lowest BCUT2D eigenvalue weighted by atomic mass is 10.5. The van der Waals surface area contributed by atoms with Crippen LogP contribution in [0.2, 0.25) is 0 Å². The monoisotopic (exact) mass is 202 g/mol. The molecule has 0 aromatic heterocycles. The number of terminal acetylenes is 1. The Morgan fingerprint density at radius 1 is 1.62 bits per heavy atom. The Kier molecular flexibility index (Phi) is 6.62. The summed E-state index contributed by atoms with van der Waals surface area (Å²) in [7, 11) is -2.94. The highest BCUT2D eigenvalue weighted by molar-refractivity contribution is 7.53. The predicted molar refractivity (Wildman–Crippen MR) is 53.7 cm³/mol. The summed E-state index contributed by atoms with van der Waals surface area (Å²) in [4.78, 5) is 0. The van der Waals surface area contributed by atoms with Crippen molar-refractivity contribution in [3.05, 3.63) is 12.7 Å². The Hall–Kier alpha value is -0.550. The van der Waals surface area contributed by atoms with Crippen LogP contribution >= 0.6 is 7.60 Å². The highest BCUT2D eigenvalue weighted by Gasteiger charge is 2.20. The van der Waals surface area contributed by atoms with Crippen molar-refractivity contribution < 1.29 is 13.6 Å². The molecule has 3 nitrogen and oxygen atoms in total. The summed E-state index contributed by atoms with van der Waals surface area (Å²) in [6.45, 7) is 5.65. The summed E-state index contributed by atoms with van der Waals surface area (Å²) in [5, 5.41) is 0. The quantitative estimate of drug-likeness (QED) is 0.275. The van der Waals surface area contributed by atoms with Gasteiger partial charge >= 0.3 is 7.60 Å². The second kappa shape index (κ2) is 6.91. The normalized spacial score (nSPS) is 14.5. The van der Waals surface area contributed by atoms with Gasteiger partial charge in [-0.1, -0.05) is 18.9 Å². The first-order valence-corrected chi connectivity index (χ1v) is 5.84. The number of hydrogen-bond donors (Lipinski definition) is 0. The molecule has 0 aromatic carbocycles. The molecule has 74 valence electrons. The number of rotatable bonds is 7. The minimum atomic E-state index is -2.94. The first kappa shape index (κ1) is 12.4. The lowest BCUT2D eigenvalue weighted by molar-refractivity contribution is 0.225. The van der Waals surface area contributed by atoms with Gasteiger partial charge in [0.15, 0.2) is 0 Å². The molecule has 13 heavy (non-hydrogen) atoms. The molecule has 1 atom stereocenters. The predicted octanol–water partition coefficient (Wildman–Crippen LogP) is 2.44. The standard InChI is InChI=1S/C9H15O3P/c1-4-7-9-12-13(10,6-3)11-8-5-2/h2,4H,1,6-9H2,3H3. The highest BCUT2D eigenvalue weighted by atomic mass is 31.2. The van der Waals surface area contributed by atoms with Gasteiger partial charge in [-0.15, -0.1) is 13.0 Å². The van der Waals surface area contributed by atoms with E-state index in [1.807, 2.05) is 0 Å². The Bertz CT molecular complexity index is 230. The second-order valence-corrected chi connectivity index (χ2v) is 4.69. The van der Waals surface area contributed by atoms with Crippen molar-refractivity contribution in [3.8, 4) is 12.3 Å². The molecule has 0 heterocycles. The van der Waals surface area contributed by atoms with E-state index in [0.717, 1.165) is 0 Å². The largest absolute Gasteiger partial charge is 0.331 e. The molecule has 0 aromatic rings. The van der Waals surface area contributed by atoms with Crippen molar-refractivity contribution in [2.24, 2.45) is 0 Å². The van der Waals surface area contributed by atoms with E-state index in [-0.39, 0.29) is 6.61 Å². The van der Waals surface area contributed by atoms with Crippen molar-refractivity contribution >= 4 is 7.60 Å². The van der Waals surface area contributed by atoms with Crippen LogP contribution in [-0.2, 0) is 13.6 Å². The third-order valence-corrected chi connectivity index (χ3v) is 3.21. The summed E-state index contributed by atoms with van der Waals surface area (Å²) in [5.41, 5.74) is 0. The topological polar surface area (TPSA) is 35.5 Å². The second-order valence-electron chi connectivity index (χ2n) is 2.32. The van der Waals surface area contributed by atoms with Crippen LogP contribution in [0.1, 0.15) is 13.3 Å². The smallest absolute Gasteiger partial charge is 0.308 e. The highest BCUT2D eigenvalue weighted by Crippen LogP contribution is 2.47. The molecule has 0 aliphatic rings. The maximum Gasteiger partial charge on any atom is 0.331 e. The number of hydrogen-bond acceptors (Lipinski definition) is 3. The molecule has 0 fully saturated rings. The van der Waals surface area contributed by atoms with E-state index in [2.05, 4.69) is 12.5 Å². The van der Waals surface area contributed by atoms with Gasteiger partial charge < -0.3 is 4.52 Å². The van der Waals surface area contributed by atoms with Crippen molar-refractivity contribution in [2.75, 3.05) is 19.4 Å². The van der Waals surface area contributed by atoms with E-state index in [9.17, 15) is 4.57 Å². The van der Waals surface area contributed by atoms with E-state index in [0.29, 0.717) is 19.2 Å². The molecule has 0 saturated heterocycles. The summed E-state index contributed by atoms with van der Waals surface area (Å²) < 4.78 is 21.7. The zero-order valence-electron chi connectivity index (χ0n) is 7.86. The Balaban J connectivity index is 3.90. The van der Waals surface area contributed by atoms with Gasteiger partial charge in [0, 0.05) is 6.16 Å². The van der Waals surface area contributed by atoms with Gasteiger partial charge in [-0.3, -0.25) is 9.09 Å². The Morgan fingerprint density at radius 2 is 2.31 bits per heavy atom. The molecule has 0 spiro atoms. The van der Waals surface area contributed by atoms with Crippen molar-refractivity contribution in [3.63, 3.8) is 0 Å². The lowest BCUT2D eigenvalue weighted by Crippen LogP contribution is -1.99. The van der Waals surface area contributed by atoms with Crippen LogP contribution in [0.15, 0.2) is 12.7 Å². The summed E-state index contributed by atoms with van der Waals surface area (Å²) in [6.07, 6.45) is 7.67. The molecule has 4 heteroatoms. The van der Waals surface area contributed by atoms with Crippen molar-refractivity contribution in [1.82, 2.24) is 0 Å². The van der Waals surface area contributed by atoms with E-state index in [1.165, 1.54) is 0 Å². The van der Waals surface area contributed by atoms with Gasteiger partial charge in [0.25, 0.3) is 0 Å². The third kappa shape index (κ3) is 5.65. The molecule has 0 aliphatic heterocycles. The third-order valence-electron chi connectivity index (χ3n) is 1.34. The summed E-state index contributed by atoms with van der Waals surface area (Å²) in [6, 6.07) is 0. The van der Waals surface area contributed by atoms with E-state index >= 15 is 0 Å².